The molecule has 0 aromatic heterocycles. The highest BCUT2D eigenvalue weighted by Crippen LogP contribution is 2.40. The fourth-order valence-electron chi connectivity index (χ4n) is 2.21. The van der Waals surface area contributed by atoms with Gasteiger partial charge in [-0.3, -0.25) is 4.79 Å². The van der Waals surface area contributed by atoms with E-state index in [4.69, 9.17) is 14.2 Å². The monoisotopic (exact) mass is 307 g/mol. The van der Waals surface area contributed by atoms with E-state index in [1.807, 2.05) is 13.8 Å². The lowest BCUT2D eigenvalue weighted by Gasteiger charge is -2.29. The van der Waals surface area contributed by atoms with Crippen LogP contribution in [0.1, 0.15) is 47.5 Å². The van der Waals surface area contributed by atoms with Crippen LogP contribution in [-0.2, 0) is 23.6 Å². The van der Waals surface area contributed by atoms with Crippen molar-refractivity contribution < 1.29 is 23.6 Å². The van der Waals surface area contributed by atoms with E-state index in [2.05, 4.69) is 13.8 Å². The third-order valence-corrected chi connectivity index (χ3v) is 3.85. The third-order valence-electron chi connectivity index (χ3n) is 2.87. The van der Waals surface area contributed by atoms with Crippen LogP contribution in [0, 0.1) is 11.8 Å². The van der Waals surface area contributed by atoms with Crippen LogP contribution in [0.5, 0.6) is 0 Å². The lowest BCUT2D eigenvalue weighted by Crippen LogP contribution is -2.40. The molecule has 0 rings (SSSR count). The van der Waals surface area contributed by atoms with Gasteiger partial charge in [-0.1, -0.05) is 18.4 Å². The molecule has 118 valence electrons. The Kier molecular flexibility index (Phi) is 9.99. The lowest BCUT2D eigenvalue weighted by atomic mass is 9.93. The summed E-state index contributed by atoms with van der Waals surface area (Å²) in [5.41, 5.74) is -1.21. The van der Waals surface area contributed by atoms with Crippen molar-refractivity contribution in [3.05, 3.63) is 0 Å². The molecule has 0 aliphatic carbocycles. The Labute approximate surface area is 123 Å². The van der Waals surface area contributed by atoms with E-state index in [1.54, 1.807) is 6.92 Å². The molecule has 6 heteroatoms. The van der Waals surface area contributed by atoms with Crippen LogP contribution in [0.25, 0.3) is 0 Å². The van der Waals surface area contributed by atoms with Gasteiger partial charge in [0.2, 0.25) is 0 Å². The Morgan fingerprint density at radius 3 is 2.00 bits per heavy atom. The first-order valence-corrected chi connectivity index (χ1v) is 8.19. The zero-order chi connectivity index (χ0) is 15.6. The van der Waals surface area contributed by atoms with Gasteiger partial charge in [0, 0.05) is 0 Å². The van der Waals surface area contributed by atoms with Crippen molar-refractivity contribution in [3.8, 4) is 0 Å². The zero-order valence-corrected chi connectivity index (χ0v) is 14.2. The van der Waals surface area contributed by atoms with Crippen molar-refractivity contribution in [1.29, 1.82) is 0 Å². The molecule has 0 fully saturated rings. The van der Waals surface area contributed by atoms with Crippen molar-refractivity contribution in [1.82, 2.24) is 0 Å². The molecule has 0 aromatic rings. The van der Waals surface area contributed by atoms with Crippen LogP contribution >= 0.6 is 8.46 Å². The molecule has 20 heavy (non-hydrogen) atoms. The second-order valence-electron chi connectivity index (χ2n) is 4.97. The van der Waals surface area contributed by atoms with Gasteiger partial charge < -0.3 is 14.2 Å². The Hall–Kier alpha value is -0.510. The molecule has 0 saturated heterocycles. The van der Waals surface area contributed by atoms with Gasteiger partial charge >= 0.3 is 20.0 Å². The minimum absolute atomic E-state index is 0.154. The molecule has 0 saturated carbocycles. The summed E-state index contributed by atoms with van der Waals surface area (Å²) < 4.78 is 28.0. The largest absolute Gasteiger partial charge is 0.466 e. The SMILES string of the molecule is CCOC(=O)CC(CC(C)C)C(OCC)(OCC)[PH+]=O. The van der Waals surface area contributed by atoms with Gasteiger partial charge in [-0.05, 0) is 33.1 Å². The lowest BCUT2D eigenvalue weighted by molar-refractivity contribution is -0.207. The maximum Gasteiger partial charge on any atom is 0.391 e. The summed E-state index contributed by atoms with van der Waals surface area (Å²) in [6.07, 6.45) is 0.843. The average Bonchev–Trinajstić information content (AvgIpc) is 2.37. The number of ether oxygens (including phenoxy) is 3. The van der Waals surface area contributed by atoms with Gasteiger partial charge in [0.25, 0.3) is 0 Å². The molecule has 0 N–H and O–H groups in total. The summed E-state index contributed by atoms with van der Waals surface area (Å²) in [5.74, 6) is -0.247. The predicted octanol–water partition coefficient (Wildman–Crippen LogP) is 3.35. The molecular weight excluding hydrogens is 279 g/mol. The first-order valence-electron chi connectivity index (χ1n) is 7.28. The number of esters is 1. The molecule has 0 spiro atoms. The summed E-state index contributed by atoms with van der Waals surface area (Å²) in [7, 11) is -0.788. The van der Waals surface area contributed by atoms with Gasteiger partial charge in [-0.25, -0.2) is 0 Å². The van der Waals surface area contributed by atoms with Crippen molar-refractivity contribution >= 4 is 14.4 Å². The highest BCUT2D eigenvalue weighted by Gasteiger charge is 2.50. The molecule has 2 atom stereocenters. The van der Waals surface area contributed by atoms with Crippen LogP contribution in [0.15, 0.2) is 0 Å². The number of carbonyl (C=O) groups excluding carboxylic acids is 1. The van der Waals surface area contributed by atoms with E-state index in [0.717, 1.165) is 0 Å². The number of carbonyl (C=O) groups is 1. The summed E-state index contributed by atoms with van der Waals surface area (Å²) >= 11 is 0. The van der Waals surface area contributed by atoms with Gasteiger partial charge in [0.1, 0.15) is 0 Å². The fraction of sp³-hybridized carbons (Fsp3) is 0.929. The summed E-state index contributed by atoms with van der Waals surface area (Å²) in [6, 6.07) is 0. The Morgan fingerprint density at radius 1 is 1.10 bits per heavy atom. The minimum Gasteiger partial charge on any atom is -0.466 e. The highest BCUT2D eigenvalue weighted by molar-refractivity contribution is 7.25. The molecule has 5 nitrogen and oxygen atoms in total. The summed E-state index contributed by atoms with van der Waals surface area (Å²) in [4.78, 5) is 11.8. The first kappa shape index (κ1) is 19.5. The Balaban J connectivity index is 5.17. The normalized spacial score (nSPS) is 13.7. The molecule has 0 aliphatic rings. The topological polar surface area (TPSA) is 61.8 Å². The standard InChI is InChI=1S/C14H27O5P/c1-6-17-13(15)10-12(9-11(4)5)14(20-16,18-7-2)19-8-3/h11-12H,6-10H2,1-5H3/p+1. The van der Waals surface area contributed by atoms with E-state index in [1.165, 1.54) is 0 Å². The van der Waals surface area contributed by atoms with Crippen LogP contribution in [0.3, 0.4) is 0 Å². The smallest absolute Gasteiger partial charge is 0.391 e. The average molecular weight is 307 g/mol. The maximum absolute atomic E-state index is 11.8. The molecule has 0 amide bonds. The molecule has 2 unspecified atom stereocenters. The van der Waals surface area contributed by atoms with E-state index in [-0.39, 0.29) is 18.3 Å². The van der Waals surface area contributed by atoms with Gasteiger partial charge in [0.15, 0.2) is 0 Å². The van der Waals surface area contributed by atoms with Crippen LogP contribution in [0.2, 0.25) is 0 Å². The Morgan fingerprint density at radius 2 is 1.65 bits per heavy atom. The van der Waals surface area contributed by atoms with E-state index in [9.17, 15) is 9.36 Å². The third kappa shape index (κ3) is 6.29. The van der Waals surface area contributed by atoms with Crippen molar-refractivity contribution in [3.63, 3.8) is 0 Å². The minimum atomic E-state index is -1.21. The van der Waals surface area contributed by atoms with Gasteiger partial charge in [-0.15, -0.1) is 0 Å². The first-order chi connectivity index (χ1) is 9.45. The fourth-order valence-corrected chi connectivity index (χ4v) is 3.00. The van der Waals surface area contributed by atoms with E-state index in [0.29, 0.717) is 32.2 Å². The highest BCUT2D eigenvalue weighted by atomic mass is 31.1. The molecule has 0 heterocycles. The molecule has 0 aromatic carbocycles. The van der Waals surface area contributed by atoms with Crippen molar-refractivity contribution in [2.75, 3.05) is 19.8 Å². The predicted molar refractivity (Wildman–Crippen MR) is 79.2 cm³/mol. The molecule has 0 bridgehead atoms. The number of rotatable bonds is 11. The molecule has 0 radical (unpaired) electrons. The number of hydrogen-bond donors (Lipinski definition) is 0. The summed E-state index contributed by atoms with van der Waals surface area (Å²) in [5, 5.41) is 0. The second kappa shape index (κ2) is 10.3. The Bertz CT molecular complexity index is 287. The molecule has 0 aliphatic heterocycles. The molecular formula is C14H28O5P+. The van der Waals surface area contributed by atoms with Gasteiger partial charge in [0.05, 0.1) is 32.2 Å². The van der Waals surface area contributed by atoms with E-state index >= 15 is 0 Å². The summed E-state index contributed by atoms with van der Waals surface area (Å²) in [6.45, 7) is 10.6. The van der Waals surface area contributed by atoms with Gasteiger partial charge in [-0.2, -0.15) is 0 Å². The van der Waals surface area contributed by atoms with Crippen LogP contribution in [-0.4, -0.2) is 31.3 Å². The quantitative estimate of drug-likeness (QED) is 0.333. The second-order valence-corrected chi connectivity index (χ2v) is 5.87. The zero-order valence-electron chi connectivity index (χ0n) is 13.2. The van der Waals surface area contributed by atoms with Crippen LogP contribution in [0.4, 0.5) is 0 Å². The van der Waals surface area contributed by atoms with Crippen molar-refractivity contribution in [2.24, 2.45) is 11.8 Å². The number of hydrogen-bond acceptors (Lipinski definition) is 5. The van der Waals surface area contributed by atoms with E-state index < -0.39 is 14.0 Å². The van der Waals surface area contributed by atoms with Crippen molar-refractivity contribution in [2.45, 2.75) is 53.0 Å². The maximum atomic E-state index is 11.8. The van der Waals surface area contributed by atoms with Crippen LogP contribution < -0.4 is 0 Å².